The number of hydrogen-bond acceptors (Lipinski definition) is 4. The van der Waals surface area contributed by atoms with E-state index in [1.165, 1.54) is 5.56 Å². The van der Waals surface area contributed by atoms with Gasteiger partial charge in [-0.05, 0) is 52.1 Å². The monoisotopic (exact) mass is 318 g/mol. The van der Waals surface area contributed by atoms with Gasteiger partial charge in [0.05, 0.1) is 24.4 Å². The molecule has 0 unspecified atom stereocenters. The van der Waals surface area contributed by atoms with Gasteiger partial charge in [0.2, 0.25) is 0 Å². The molecule has 3 rings (SSSR count). The molecule has 0 bridgehead atoms. The van der Waals surface area contributed by atoms with Crippen LogP contribution in [0.1, 0.15) is 46.6 Å². The minimum Gasteiger partial charge on any atom is -0.399 e. The first kappa shape index (κ1) is 17.0. The van der Waals surface area contributed by atoms with Crippen molar-refractivity contribution in [3.63, 3.8) is 0 Å². The molecule has 0 spiro atoms. The van der Waals surface area contributed by atoms with Crippen LogP contribution in [0, 0.1) is 0 Å². The molecule has 2 fully saturated rings. The zero-order valence-electron chi connectivity index (χ0n) is 14.8. The van der Waals surface area contributed by atoms with Gasteiger partial charge in [-0.25, -0.2) is 0 Å². The van der Waals surface area contributed by atoms with Crippen molar-refractivity contribution in [3.8, 4) is 0 Å². The van der Waals surface area contributed by atoms with Crippen LogP contribution in [0.15, 0.2) is 24.3 Å². The molecule has 0 amide bonds. The Morgan fingerprint density at radius 3 is 1.91 bits per heavy atom. The normalized spacial score (nSPS) is 25.0. The van der Waals surface area contributed by atoms with Crippen LogP contribution in [-0.2, 0) is 25.2 Å². The third-order valence-corrected chi connectivity index (χ3v) is 5.27. The summed E-state index contributed by atoms with van der Waals surface area (Å²) in [7, 11) is -0.298. The third-order valence-electron chi connectivity index (χ3n) is 5.27. The lowest BCUT2D eigenvalue weighted by Gasteiger charge is -2.32. The highest BCUT2D eigenvalue weighted by molar-refractivity contribution is 6.62. The number of rotatable bonds is 4. The van der Waals surface area contributed by atoms with Crippen molar-refractivity contribution < 1.29 is 18.8 Å². The van der Waals surface area contributed by atoms with Gasteiger partial charge in [0.15, 0.2) is 5.79 Å². The maximum absolute atomic E-state index is 6.09. The van der Waals surface area contributed by atoms with Crippen LogP contribution in [-0.4, -0.2) is 37.3 Å². The van der Waals surface area contributed by atoms with Crippen molar-refractivity contribution in [3.05, 3.63) is 29.8 Å². The molecule has 0 N–H and O–H groups in total. The molecule has 4 nitrogen and oxygen atoms in total. The predicted octanol–water partition coefficient (Wildman–Crippen LogP) is 2.68. The highest BCUT2D eigenvalue weighted by atomic mass is 16.7. The summed E-state index contributed by atoms with van der Waals surface area (Å²) in [5.41, 5.74) is 1.72. The first-order valence-corrected chi connectivity index (χ1v) is 8.43. The second-order valence-electron chi connectivity index (χ2n) is 7.66. The third kappa shape index (κ3) is 3.48. The zero-order valence-corrected chi connectivity index (χ0v) is 14.8. The fourth-order valence-electron chi connectivity index (χ4n) is 2.89. The molecule has 126 valence electrons. The Morgan fingerprint density at radius 1 is 0.870 bits per heavy atom. The van der Waals surface area contributed by atoms with Crippen LogP contribution in [0.5, 0.6) is 0 Å². The Morgan fingerprint density at radius 2 is 1.39 bits per heavy atom. The minimum atomic E-state index is -0.426. The van der Waals surface area contributed by atoms with Crippen molar-refractivity contribution in [1.82, 2.24) is 0 Å². The summed E-state index contributed by atoms with van der Waals surface area (Å²) in [5.74, 6) is -0.426. The Hall–Kier alpha value is -0.875. The average Bonchev–Trinajstić information content (AvgIpc) is 3.00. The van der Waals surface area contributed by atoms with Crippen LogP contribution in [0.25, 0.3) is 0 Å². The summed E-state index contributed by atoms with van der Waals surface area (Å²) in [6.45, 7) is 11.7. The fraction of sp³-hybridized carbons (Fsp3) is 0.667. The second kappa shape index (κ2) is 5.89. The van der Waals surface area contributed by atoms with Gasteiger partial charge < -0.3 is 18.8 Å². The van der Waals surface area contributed by atoms with Crippen LogP contribution < -0.4 is 5.46 Å². The van der Waals surface area contributed by atoms with Crippen LogP contribution in [0.2, 0.25) is 0 Å². The Balaban J connectivity index is 1.62. The van der Waals surface area contributed by atoms with Gasteiger partial charge in [-0.15, -0.1) is 0 Å². The molecule has 0 atom stereocenters. The molecule has 2 aliphatic rings. The van der Waals surface area contributed by atoms with E-state index >= 15 is 0 Å². The lowest BCUT2D eigenvalue weighted by Crippen LogP contribution is -2.41. The van der Waals surface area contributed by atoms with E-state index in [9.17, 15) is 0 Å². The SMILES string of the molecule is CC1(CCc2ccc(B3OC(C)(C)C(C)(C)O3)cc2)OCCO1. The summed E-state index contributed by atoms with van der Waals surface area (Å²) in [4.78, 5) is 0. The van der Waals surface area contributed by atoms with Crippen LogP contribution >= 0.6 is 0 Å². The molecule has 2 heterocycles. The van der Waals surface area contributed by atoms with Crippen molar-refractivity contribution >= 4 is 12.6 Å². The summed E-state index contributed by atoms with van der Waals surface area (Å²) in [6, 6.07) is 8.46. The van der Waals surface area contributed by atoms with Gasteiger partial charge in [0, 0.05) is 6.42 Å². The number of ether oxygens (including phenoxy) is 2. The minimum absolute atomic E-state index is 0.298. The van der Waals surface area contributed by atoms with Gasteiger partial charge in [-0.1, -0.05) is 24.3 Å². The van der Waals surface area contributed by atoms with Gasteiger partial charge in [0.1, 0.15) is 0 Å². The number of aryl methyl sites for hydroxylation is 1. The van der Waals surface area contributed by atoms with E-state index in [1.807, 2.05) is 6.92 Å². The predicted molar refractivity (Wildman–Crippen MR) is 90.8 cm³/mol. The molecular formula is C18H27BO4. The fourth-order valence-corrected chi connectivity index (χ4v) is 2.89. The topological polar surface area (TPSA) is 36.9 Å². The van der Waals surface area contributed by atoms with Crippen molar-refractivity contribution in [2.45, 2.75) is 64.4 Å². The van der Waals surface area contributed by atoms with Crippen molar-refractivity contribution in [1.29, 1.82) is 0 Å². The summed E-state index contributed by atoms with van der Waals surface area (Å²) in [6.07, 6.45) is 1.79. The van der Waals surface area contributed by atoms with Gasteiger partial charge >= 0.3 is 7.12 Å². The second-order valence-corrected chi connectivity index (χ2v) is 7.66. The van der Waals surface area contributed by atoms with E-state index < -0.39 is 5.79 Å². The number of benzene rings is 1. The summed E-state index contributed by atoms with van der Waals surface area (Å²) < 4.78 is 23.5. The lowest BCUT2D eigenvalue weighted by atomic mass is 9.78. The first-order valence-electron chi connectivity index (χ1n) is 8.43. The van der Waals surface area contributed by atoms with Crippen LogP contribution in [0.4, 0.5) is 0 Å². The van der Waals surface area contributed by atoms with Crippen molar-refractivity contribution in [2.24, 2.45) is 0 Å². The van der Waals surface area contributed by atoms with E-state index in [0.717, 1.165) is 18.3 Å². The van der Waals surface area contributed by atoms with E-state index in [1.54, 1.807) is 0 Å². The Bertz CT molecular complexity index is 531. The van der Waals surface area contributed by atoms with Gasteiger partial charge in [-0.3, -0.25) is 0 Å². The maximum atomic E-state index is 6.09. The molecule has 1 aromatic carbocycles. The van der Waals surface area contributed by atoms with E-state index in [4.69, 9.17) is 18.8 Å². The molecule has 0 aliphatic carbocycles. The van der Waals surface area contributed by atoms with E-state index in [-0.39, 0.29) is 18.3 Å². The highest BCUT2D eigenvalue weighted by Crippen LogP contribution is 2.36. The molecule has 5 heteroatoms. The first-order chi connectivity index (χ1) is 10.7. The molecule has 2 aliphatic heterocycles. The van der Waals surface area contributed by atoms with E-state index in [0.29, 0.717) is 13.2 Å². The lowest BCUT2D eigenvalue weighted by molar-refractivity contribution is -0.146. The quantitative estimate of drug-likeness (QED) is 0.800. The molecule has 1 aromatic rings. The largest absolute Gasteiger partial charge is 0.494 e. The standard InChI is InChI=1S/C18H27BO4/c1-16(2)17(3,4)23-19(22-16)15-8-6-14(7-9-15)10-11-18(5)20-12-13-21-18/h6-9H,10-13H2,1-5H3. The molecule has 23 heavy (non-hydrogen) atoms. The van der Waals surface area contributed by atoms with Gasteiger partial charge in [0.25, 0.3) is 0 Å². The molecule has 0 radical (unpaired) electrons. The Kier molecular flexibility index (Phi) is 4.34. The van der Waals surface area contributed by atoms with Crippen molar-refractivity contribution in [2.75, 3.05) is 13.2 Å². The highest BCUT2D eigenvalue weighted by Gasteiger charge is 2.51. The average molecular weight is 318 g/mol. The molecule has 2 saturated heterocycles. The molecule has 0 aromatic heterocycles. The number of hydrogen-bond donors (Lipinski definition) is 0. The molecule has 0 saturated carbocycles. The maximum Gasteiger partial charge on any atom is 0.494 e. The Labute approximate surface area is 139 Å². The zero-order chi connectivity index (χ0) is 16.7. The summed E-state index contributed by atoms with van der Waals surface area (Å²) in [5, 5.41) is 0. The summed E-state index contributed by atoms with van der Waals surface area (Å²) >= 11 is 0. The van der Waals surface area contributed by atoms with E-state index in [2.05, 4.69) is 52.0 Å². The van der Waals surface area contributed by atoms with Gasteiger partial charge in [-0.2, -0.15) is 0 Å². The smallest absolute Gasteiger partial charge is 0.399 e. The molecular weight excluding hydrogens is 291 g/mol. The van der Waals surface area contributed by atoms with Crippen LogP contribution in [0.3, 0.4) is 0 Å².